The van der Waals surface area contributed by atoms with Crippen molar-refractivity contribution in [1.82, 2.24) is 5.32 Å². The summed E-state index contributed by atoms with van der Waals surface area (Å²) in [6.45, 7) is 1.55. The van der Waals surface area contributed by atoms with E-state index >= 15 is 0 Å². The lowest BCUT2D eigenvalue weighted by Crippen LogP contribution is -2.28. The molecule has 0 bridgehead atoms. The molecule has 1 aliphatic heterocycles. The first-order valence-electron chi connectivity index (χ1n) is 4.37. The summed E-state index contributed by atoms with van der Waals surface area (Å²) in [6, 6.07) is 6.19. The van der Waals surface area contributed by atoms with Gasteiger partial charge in [-0.05, 0) is 23.4 Å². The van der Waals surface area contributed by atoms with Crippen molar-refractivity contribution in [2.24, 2.45) is 0 Å². The van der Waals surface area contributed by atoms with Gasteiger partial charge in [-0.2, -0.15) is 0 Å². The number of rotatable bonds is 1. The van der Waals surface area contributed by atoms with Crippen molar-refractivity contribution in [3.63, 3.8) is 0 Å². The molecule has 0 saturated carbocycles. The molecule has 1 atom stereocenters. The lowest BCUT2D eigenvalue weighted by atomic mass is 9.99. The molecule has 1 aromatic rings. The lowest BCUT2D eigenvalue weighted by molar-refractivity contribution is 0.162. The topological polar surface area (TPSA) is 32.3 Å². The van der Waals surface area contributed by atoms with Crippen LogP contribution in [0.2, 0.25) is 0 Å². The molecular formula is C10H13NOS. The van der Waals surface area contributed by atoms with E-state index in [9.17, 15) is 5.11 Å². The molecule has 0 spiro atoms. The minimum Gasteiger partial charge on any atom is -0.387 e. The highest BCUT2D eigenvalue weighted by atomic mass is 32.2. The third-order valence-corrected chi connectivity index (χ3v) is 3.16. The molecule has 1 aliphatic rings. The van der Waals surface area contributed by atoms with Crippen LogP contribution in [0.3, 0.4) is 0 Å². The third-order valence-electron chi connectivity index (χ3n) is 2.36. The van der Waals surface area contributed by atoms with Crippen LogP contribution in [-0.4, -0.2) is 17.9 Å². The molecule has 13 heavy (non-hydrogen) atoms. The number of benzene rings is 1. The van der Waals surface area contributed by atoms with Gasteiger partial charge in [0.25, 0.3) is 0 Å². The predicted octanol–water partition coefficient (Wildman–Crippen LogP) is 1.55. The molecule has 0 radical (unpaired) electrons. The van der Waals surface area contributed by atoms with E-state index in [0.29, 0.717) is 6.54 Å². The van der Waals surface area contributed by atoms with Gasteiger partial charge in [0, 0.05) is 18.0 Å². The number of aliphatic hydroxyl groups is 1. The normalized spacial score (nSPS) is 21.2. The Kier molecular flexibility index (Phi) is 2.58. The molecule has 1 unspecified atom stereocenters. The summed E-state index contributed by atoms with van der Waals surface area (Å²) in [7, 11) is 0. The number of thioether (sulfide) groups is 1. The summed E-state index contributed by atoms with van der Waals surface area (Å²) >= 11 is 1.70. The average molecular weight is 195 g/mol. The van der Waals surface area contributed by atoms with E-state index in [1.54, 1.807) is 11.8 Å². The molecular weight excluding hydrogens is 182 g/mol. The molecule has 1 aromatic carbocycles. The minimum absolute atomic E-state index is 0.340. The van der Waals surface area contributed by atoms with E-state index in [2.05, 4.69) is 17.4 Å². The fourth-order valence-corrected chi connectivity index (χ4v) is 2.45. The van der Waals surface area contributed by atoms with Gasteiger partial charge in [0.2, 0.25) is 0 Å². The van der Waals surface area contributed by atoms with E-state index in [0.717, 1.165) is 12.1 Å². The lowest BCUT2D eigenvalue weighted by Gasteiger charge is -2.24. The number of β-amino-alcohol motifs (C(OH)–C–C–N with tert-alkyl or cyclic N) is 1. The Morgan fingerprint density at radius 2 is 2.38 bits per heavy atom. The highest BCUT2D eigenvalue weighted by Gasteiger charge is 2.19. The van der Waals surface area contributed by atoms with Gasteiger partial charge < -0.3 is 10.4 Å². The highest BCUT2D eigenvalue weighted by Crippen LogP contribution is 2.30. The van der Waals surface area contributed by atoms with Crippen LogP contribution in [0.1, 0.15) is 17.2 Å². The van der Waals surface area contributed by atoms with Gasteiger partial charge in [-0.1, -0.05) is 12.1 Å². The van der Waals surface area contributed by atoms with E-state index in [4.69, 9.17) is 0 Å². The fourth-order valence-electron chi connectivity index (χ4n) is 1.75. The molecule has 2 rings (SSSR count). The smallest absolute Gasteiger partial charge is 0.0928 e. The van der Waals surface area contributed by atoms with Crippen LogP contribution in [0.25, 0.3) is 0 Å². The van der Waals surface area contributed by atoms with Crippen LogP contribution in [0.4, 0.5) is 0 Å². The molecule has 70 valence electrons. The van der Waals surface area contributed by atoms with E-state index in [1.807, 2.05) is 12.3 Å². The van der Waals surface area contributed by atoms with E-state index in [1.165, 1.54) is 10.5 Å². The molecule has 0 aromatic heterocycles. The molecule has 0 aliphatic carbocycles. The van der Waals surface area contributed by atoms with Crippen LogP contribution in [0.5, 0.6) is 0 Å². The van der Waals surface area contributed by atoms with Crippen LogP contribution in [-0.2, 0) is 6.54 Å². The number of hydrogen-bond acceptors (Lipinski definition) is 3. The largest absolute Gasteiger partial charge is 0.387 e. The van der Waals surface area contributed by atoms with E-state index in [-0.39, 0.29) is 6.10 Å². The van der Waals surface area contributed by atoms with Gasteiger partial charge in [-0.25, -0.2) is 0 Å². The first-order valence-corrected chi connectivity index (χ1v) is 5.60. The number of hydrogen-bond donors (Lipinski definition) is 2. The SMILES string of the molecule is CSc1cccc2c1C(O)CNC2. The third kappa shape index (κ3) is 1.59. The zero-order chi connectivity index (χ0) is 9.26. The molecule has 2 N–H and O–H groups in total. The Balaban J connectivity index is 2.50. The number of fused-ring (bicyclic) bond motifs is 1. The molecule has 3 heteroatoms. The predicted molar refractivity (Wildman–Crippen MR) is 54.9 cm³/mol. The van der Waals surface area contributed by atoms with Gasteiger partial charge in [0.05, 0.1) is 6.10 Å². The quantitative estimate of drug-likeness (QED) is 0.667. The Morgan fingerprint density at radius 3 is 3.15 bits per heavy atom. The minimum atomic E-state index is -0.340. The second-order valence-electron chi connectivity index (χ2n) is 3.18. The van der Waals surface area contributed by atoms with Crippen molar-refractivity contribution in [1.29, 1.82) is 0 Å². The molecule has 0 saturated heterocycles. The monoisotopic (exact) mass is 195 g/mol. The first kappa shape index (κ1) is 9.06. The maximum atomic E-state index is 9.80. The van der Waals surface area contributed by atoms with Crippen molar-refractivity contribution in [3.05, 3.63) is 29.3 Å². The Hall–Kier alpha value is -0.510. The standard InChI is InChI=1S/C10H13NOS/c1-13-9-4-2-3-7-5-11-6-8(12)10(7)9/h2-4,8,11-12H,5-6H2,1H3. The van der Waals surface area contributed by atoms with Gasteiger partial charge in [-0.15, -0.1) is 11.8 Å². The van der Waals surface area contributed by atoms with E-state index < -0.39 is 0 Å². The van der Waals surface area contributed by atoms with Crippen molar-refractivity contribution < 1.29 is 5.11 Å². The molecule has 0 amide bonds. The second-order valence-corrected chi connectivity index (χ2v) is 4.03. The Bertz CT molecular complexity index is 300. The number of nitrogens with one attached hydrogen (secondary N) is 1. The van der Waals surface area contributed by atoms with Gasteiger partial charge in [0.15, 0.2) is 0 Å². The summed E-state index contributed by atoms with van der Waals surface area (Å²) in [5.74, 6) is 0. The second kappa shape index (κ2) is 3.70. The van der Waals surface area contributed by atoms with Crippen molar-refractivity contribution in [2.45, 2.75) is 17.5 Å². The van der Waals surface area contributed by atoms with Crippen molar-refractivity contribution in [3.8, 4) is 0 Å². The average Bonchev–Trinajstić information content (AvgIpc) is 2.17. The van der Waals surface area contributed by atoms with Gasteiger partial charge in [0.1, 0.15) is 0 Å². The zero-order valence-corrected chi connectivity index (χ0v) is 8.40. The summed E-state index contributed by atoms with van der Waals surface area (Å²) in [5.41, 5.74) is 2.35. The highest BCUT2D eigenvalue weighted by molar-refractivity contribution is 7.98. The summed E-state index contributed by atoms with van der Waals surface area (Å²) in [4.78, 5) is 1.20. The summed E-state index contributed by atoms with van der Waals surface area (Å²) in [5, 5.41) is 13.0. The van der Waals surface area contributed by atoms with Crippen molar-refractivity contribution in [2.75, 3.05) is 12.8 Å². The first-order chi connectivity index (χ1) is 6.33. The maximum Gasteiger partial charge on any atom is 0.0928 e. The van der Waals surface area contributed by atoms with Crippen LogP contribution in [0.15, 0.2) is 23.1 Å². The molecule has 1 heterocycles. The Labute approximate surface area is 82.4 Å². The maximum absolute atomic E-state index is 9.80. The molecule has 2 nitrogen and oxygen atoms in total. The van der Waals surface area contributed by atoms with Gasteiger partial charge >= 0.3 is 0 Å². The van der Waals surface area contributed by atoms with Gasteiger partial charge in [-0.3, -0.25) is 0 Å². The fraction of sp³-hybridized carbons (Fsp3) is 0.400. The summed E-state index contributed by atoms with van der Waals surface area (Å²) < 4.78 is 0. The molecule has 0 fully saturated rings. The Morgan fingerprint density at radius 1 is 1.54 bits per heavy atom. The van der Waals surface area contributed by atoms with Crippen LogP contribution < -0.4 is 5.32 Å². The number of aliphatic hydroxyl groups excluding tert-OH is 1. The zero-order valence-electron chi connectivity index (χ0n) is 7.58. The van der Waals surface area contributed by atoms with Crippen LogP contribution in [0, 0.1) is 0 Å². The van der Waals surface area contributed by atoms with Crippen LogP contribution >= 0.6 is 11.8 Å². The summed E-state index contributed by atoms with van der Waals surface area (Å²) in [6.07, 6.45) is 1.71. The van der Waals surface area contributed by atoms with Crippen molar-refractivity contribution >= 4 is 11.8 Å².